The van der Waals surface area contributed by atoms with E-state index >= 15 is 0 Å². The van der Waals surface area contributed by atoms with E-state index in [4.69, 9.17) is 14.2 Å². The van der Waals surface area contributed by atoms with Crippen LogP contribution in [0.5, 0.6) is 11.5 Å². The van der Waals surface area contributed by atoms with E-state index in [1.54, 1.807) is 19.2 Å². The van der Waals surface area contributed by atoms with Crippen LogP contribution < -0.4 is 14.8 Å². The second-order valence-corrected chi connectivity index (χ2v) is 7.77. The van der Waals surface area contributed by atoms with Gasteiger partial charge in [-0.15, -0.1) is 0 Å². The van der Waals surface area contributed by atoms with E-state index in [0.717, 1.165) is 34.1 Å². The van der Waals surface area contributed by atoms with Crippen LogP contribution in [0, 0.1) is 11.7 Å². The number of rotatable bonds is 4. The zero-order valence-electron chi connectivity index (χ0n) is 15.4. The van der Waals surface area contributed by atoms with Gasteiger partial charge in [0.25, 0.3) is 0 Å². The predicted molar refractivity (Wildman–Crippen MR) is 106 cm³/mol. The minimum atomic E-state index is -0.229. The molecule has 0 spiro atoms. The van der Waals surface area contributed by atoms with Crippen LogP contribution in [-0.4, -0.2) is 20.3 Å². The summed E-state index contributed by atoms with van der Waals surface area (Å²) in [6.45, 7) is 3.22. The molecule has 4 nitrogen and oxygen atoms in total. The first kappa shape index (κ1) is 18.6. The normalized spacial score (nSPS) is 23.8. The molecule has 2 aliphatic heterocycles. The van der Waals surface area contributed by atoms with Gasteiger partial charge < -0.3 is 19.5 Å². The number of hydrogen-bond donors (Lipinski definition) is 1. The van der Waals surface area contributed by atoms with Crippen molar-refractivity contribution < 1.29 is 18.6 Å². The highest BCUT2D eigenvalue weighted by Gasteiger charge is 2.40. The molecule has 2 heterocycles. The van der Waals surface area contributed by atoms with Crippen molar-refractivity contribution in [2.45, 2.75) is 31.9 Å². The quantitative estimate of drug-likeness (QED) is 0.675. The second kappa shape index (κ2) is 7.68. The Balaban J connectivity index is 1.78. The highest BCUT2D eigenvalue weighted by molar-refractivity contribution is 9.10. The molecule has 1 N–H and O–H groups in total. The smallest absolute Gasteiger partial charge is 0.174 e. The van der Waals surface area contributed by atoms with Gasteiger partial charge >= 0.3 is 0 Å². The van der Waals surface area contributed by atoms with Gasteiger partial charge in [0, 0.05) is 23.8 Å². The number of anilines is 1. The lowest BCUT2D eigenvalue weighted by Gasteiger charge is -2.43. The second-order valence-electron chi connectivity index (χ2n) is 6.92. The first-order valence-electron chi connectivity index (χ1n) is 9.30. The highest BCUT2D eigenvalue weighted by atomic mass is 79.9. The van der Waals surface area contributed by atoms with Gasteiger partial charge in [-0.05, 0) is 71.6 Å². The number of fused-ring (bicyclic) bond motifs is 3. The molecule has 4 rings (SSSR count). The van der Waals surface area contributed by atoms with Crippen LogP contribution in [-0.2, 0) is 4.74 Å². The first-order chi connectivity index (χ1) is 13.1. The fraction of sp³-hybridized carbons (Fsp3) is 0.429. The third-order valence-electron chi connectivity index (χ3n) is 5.32. The maximum Gasteiger partial charge on any atom is 0.174 e. The Kier molecular flexibility index (Phi) is 5.28. The van der Waals surface area contributed by atoms with Gasteiger partial charge in [0.15, 0.2) is 11.5 Å². The average Bonchev–Trinajstić information content (AvgIpc) is 2.67. The van der Waals surface area contributed by atoms with Crippen molar-refractivity contribution in [1.29, 1.82) is 0 Å². The molecule has 144 valence electrons. The molecule has 2 aliphatic rings. The zero-order valence-corrected chi connectivity index (χ0v) is 17.0. The Morgan fingerprint density at radius 3 is 2.93 bits per heavy atom. The van der Waals surface area contributed by atoms with Gasteiger partial charge in [0.05, 0.1) is 30.3 Å². The molecule has 0 bridgehead atoms. The van der Waals surface area contributed by atoms with Crippen molar-refractivity contribution in [3.8, 4) is 11.5 Å². The molecule has 1 saturated heterocycles. The van der Waals surface area contributed by atoms with E-state index < -0.39 is 0 Å². The molecule has 0 unspecified atom stereocenters. The Bertz CT molecular complexity index is 844. The molecule has 6 heteroatoms. The third-order valence-corrected chi connectivity index (χ3v) is 5.91. The monoisotopic (exact) mass is 435 g/mol. The first-order valence-corrected chi connectivity index (χ1v) is 10.1. The molecular weight excluding hydrogens is 413 g/mol. The molecule has 2 aromatic carbocycles. The number of halogens is 2. The molecule has 3 atom stereocenters. The van der Waals surface area contributed by atoms with Crippen molar-refractivity contribution in [3.05, 3.63) is 51.7 Å². The van der Waals surface area contributed by atoms with Crippen molar-refractivity contribution in [3.63, 3.8) is 0 Å². The van der Waals surface area contributed by atoms with Crippen LogP contribution in [0.4, 0.5) is 10.1 Å². The summed E-state index contributed by atoms with van der Waals surface area (Å²) in [5.74, 6) is 1.40. The summed E-state index contributed by atoms with van der Waals surface area (Å²) in [6, 6.07) is 9.03. The van der Waals surface area contributed by atoms with Crippen LogP contribution in [0.1, 0.15) is 43.0 Å². The average molecular weight is 436 g/mol. The van der Waals surface area contributed by atoms with E-state index in [0.29, 0.717) is 24.7 Å². The molecule has 0 amide bonds. The number of methoxy groups -OCH3 is 1. The van der Waals surface area contributed by atoms with E-state index in [1.807, 2.05) is 13.0 Å². The third kappa shape index (κ3) is 3.41. The minimum Gasteiger partial charge on any atom is -0.492 e. The lowest BCUT2D eigenvalue weighted by atomic mass is 9.77. The summed E-state index contributed by atoms with van der Waals surface area (Å²) < 4.78 is 32.1. The van der Waals surface area contributed by atoms with Crippen LogP contribution in [0.3, 0.4) is 0 Å². The number of hydrogen-bond acceptors (Lipinski definition) is 4. The molecule has 0 aromatic heterocycles. The van der Waals surface area contributed by atoms with Crippen LogP contribution in [0.2, 0.25) is 0 Å². The summed E-state index contributed by atoms with van der Waals surface area (Å²) in [5.41, 5.74) is 2.93. The van der Waals surface area contributed by atoms with Gasteiger partial charge in [-0.2, -0.15) is 0 Å². The van der Waals surface area contributed by atoms with E-state index in [-0.39, 0.29) is 23.9 Å². The zero-order chi connectivity index (χ0) is 19.0. The fourth-order valence-electron chi connectivity index (χ4n) is 4.20. The predicted octanol–water partition coefficient (Wildman–Crippen LogP) is 5.63. The van der Waals surface area contributed by atoms with Crippen molar-refractivity contribution in [2.24, 2.45) is 5.92 Å². The largest absolute Gasteiger partial charge is 0.492 e. The molecule has 1 fully saturated rings. The summed E-state index contributed by atoms with van der Waals surface area (Å²) >= 11 is 3.61. The SMILES string of the molecule is CCOc1cc([C@H]2Nc3ccc(F)cc3[C@H]3OCCC[C@@H]23)cc(Br)c1OC. The summed E-state index contributed by atoms with van der Waals surface area (Å²) in [7, 11) is 1.64. The molecule has 0 saturated carbocycles. The number of ether oxygens (including phenoxy) is 3. The van der Waals surface area contributed by atoms with Gasteiger partial charge in [-0.25, -0.2) is 4.39 Å². The van der Waals surface area contributed by atoms with Gasteiger partial charge in [0.1, 0.15) is 5.82 Å². The molecule has 27 heavy (non-hydrogen) atoms. The maximum atomic E-state index is 13.8. The lowest BCUT2D eigenvalue weighted by molar-refractivity contribution is -0.0383. The van der Waals surface area contributed by atoms with E-state index in [2.05, 4.69) is 27.3 Å². The summed E-state index contributed by atoms with van der Waals surface area (Å²) in [6.07, 6.45) is 1.91. The number of nitrogens with one attached hydrogen (secondary N) is 1. The highest BCUT2D eigenvalue weighted by Crippen LogP contribution is 2.50. The Morgan fingerprint density at radius 1 is 1.30 bits per heavy atom. The summed E-state index contributed by atoms with van der Waals surface area (Å²) in [5, 5.41) is 3.61. The Hall–Kier alpha value is -1.79. The minimum absolute atomic E-state index is 0.0506. The van der Waals surface area contributed by atoms with Crippen molar-refractivity contribution in [2.75, 3.05) is 25.6 Å². The Labute approximate surface area is 167 Å². The maximum absolute atomic E-state index is 13.8. The Morgan fingerprint density at radius 2 is 2.15 bits per heavy atom. The lowest BCUT2D eigenvalue weighted by Crippen LogP contribution is -2.36. The fourth-order valence-corrected chi connectivity index (χ4v) is 4.82. The van der Waals surface area contributed by atoms with E-state index in [1.165, 1.54) is 6.07 Å². The van der Waals surface area contributed by atoms with Gasteiger partial charge in [0.2, 0.25) is 0 Å². The molecule has 0 radical (unpaired) electrons. The molecular formula is C21H23BrFNO3. The van der Waals surface area contributed by atoms with Gasteiger partial charge in [-0.1, -0.05) is 0 Å². The summed E-state index contributed by atoms with van der Waals surface area (Å²) in [4.78, 5) is 0. The standard InChI is InChI=1S/C21H23BrFNO3/c1-3-26-18-10-12(9-16(22)21(18)25-2)19-14-5-4-8-27-20(14)15-11-13(23)6-7-17(15)24-19/h6-7,9-11,14,19-20,24H,3-5,8H2,1-2H3/t14-,19+,20-/m0/s1. The number of benzene rings is 2. The van der Waals surface area contributed by atoms with Crippen molar-refractivity contribution in [1.82, 2.24) is 0 Å². The van der Waals surface area contributed by atoms with Crippen LogP contribution in [0.25, 0.3) is 0 Å². The molecule has 0 aliphatic carbocycles. The van der Waals surface area contributed by atoms with Crippen LogP contribution in [0.15, 0.2) is 34.8 Å². The van der Waals surface area contributed by atoms with Gasteiger partial charge in [-0.3, -0.25) is 0 Å². The van der Waals surface area contributed by atoms with E-state index in [9.17, 15) is 4.39 Å². The topological polar surface area (TPSA) is 39.7 Å². The van der Waals surface area contributed by atoms with Crippen LogP contribution >= 0.6 is 15.9 Å². The molecule has 2 aromatic rings. The van der Waals surface area contributed by atoms with Crippen molar-refractivity contribution >= 4 is 21.6 Å².